The van der Waals surface area contributed by atoms with Crippen LogP contribution in [-0.2, 0) is 11.2 Å². The number of aliphatic hydroxyl groups is 1. The van der Waals surface area contributed by atoms with E-state index >= 15 is 0 Å². The molecule has 0 unspecified atom stereocenters. The zero-order valence-corrected chi connectivity index (χ0v) is 18.0. The Hall–Kier alpha value is -1.94. The molecule has 0 aliphatic carbocycles. The second-order valence-electron chi connectivity index (χ2n) is 8.11. The molecule has 1 N–H and O–H groups in total. The van der Waals surface area contributed by atoms with Crippen molar-refractivity contribution in [2.45, 2.75) is 52.7 Å². The predicted molar refractivity (Wildman–Crippen MR) is 117 cm³/mol. The molecule has 0 aliphatic rings. The second kappa shape index (κ2) is 8.20. The zero-order chi connectivity index (χ0) is 20.5. The number of rotatable bonds is 5. The summed E-state index contributed by atoms with van der Waals surface area (Å²) >= 11 is 6.13. The molecule has 1 heterocycles. The van der Waals surface area contributed by atoms with E-state index in [1.807, 2.05) is 45.0 Å². The van der Waals surface area contributed by atoms with Gasteiger partial charge in [0.15, 0.2) is 0 Å². The van der Waals surface area contributed by atoms with E-state index in [0.717, 1.165) is 45.3 Å². The number of aliphatic hydroxyl groups excluding tert-OH is 1. The van der Waals surface area contributed by atoms with E-state index < -0.39 is 6.10 Å². The van der Waals surface area contributed by atoms with Crippen LogP contribution in [-0.4, -0.2) is 22.3 Å². The van der Waals surface area contributed by atoms with Gasteiger partial charge in [0.25, 0.3) is 0 Å². The van der Waals surface area contributed by atoms with Gasteiger partial charge in [-0.1, -0.05) is 36.7 Å². The molecule has 0 fully saturated rings. The van der Waals surface area contributed by atoms with Gasteiger partial charge in [-0.3, -0.25) is 4.98 Å². The number of benzene rings is 2. The highest BCUT2D eigenvalue weighted by Crippen LogP contribution is 2.40. The van der Waals surface area contributed by atoms with E-state index in [4.69, 9.17) is 21.3 Å². The zero-order valence-electron chi connectivity index (χ0n) is 17.2. The van der Waals surface area contributed by atoms with Crippen LogP contribution in [0.1, 0.15) is 50.6 Å². The van der Waals surface area contributed by atoms with Crippen LogP contribution in [0.5, 0.6) is 0 Å². The van der Waals surface area contributed by atoms with Gasteiger partial charge < -0.3 is 9.84 Å². The average Bonchev–Trinajstić information content (AvgIpc) is 2.65. The Morgan fingerprint density at radius 3 is 2.36 bits per heavy atom. The van der Waals surface area contributed by atoms with Crippen molar-refractivity contribution in [1.29, 1.82) is 0 Å². The first-order valence-corrected chi connectivity index (χ1v) is 10.1. The normalized spacial score (nSPS) is 13.1. The quantitative estimate of drug-likeness (QED) is 0.551. The molecule has 0 aliphatic heterocycles. The molecular weight excluding hydrogens is 370 g/mol. The minimum absolute atomic E-state index is 0.0926. The predicted octanol–water partition coefficient (Wildman–Crippen LogP) is 6.27. The molecule has 0 saturated heterocycles. The lowest BCUT2D eigenvalue weighted by molar-refractivity contribution is -0.0821. The Morgan fingerprint density at radius 1 is 1.11 bits per heavy atom. The highest BCUT2D eigenvalue weighted by atomic mass is 35.5. The number of fused-ring (bicyclic) bond motifs is 1. The van der Waals surface area contributed by atoms with Crippen molar-refractivity contribution in [1.82, 2.24) is 4.98 Å². The summed E-state index contributed by atoms with van der Waals surface area (Å²) in [6, 6.07) is 14.1. The molecule has 0 radical (unpaired) electrons. The van der Waals surface area contributed by atoms with Crippen LogP contribution in [0.2, 0.25) is 5.02 Å². The third-order valence-corrected chi connectivity index (χ3v) is 5.03. The van der Waals surface area contributed by atoms with Gasteiger partial charge in [-0.05, 0) is 80.6 Å². The Kier molecular flexibility index (Phi) is 6.09. The molecule has 1 atom stereocenters. The van der Waals surface area contributed by atoms with Gasteiger partial charge in [-0.25, -0.2) is 0 Å². The van der Waals surface area contributed by atoms with E-state index in [-0.39, 0.29) is 12.2 Å². The molecule has 0 amide bonds. The number of halogens is 1. The van der Waals surface area contributed by atoms with Crippen molar-refractivity contribution < 1.29 is 9.84 Å². The van der Waals surface area contributed by atoms with Crippen LogP contribution in [0.4, 0.5) is 0 Å². The fourth-order valence-corrected chi connectivity index (χ4v) is 3.74. The highest BCUT2D eigenvalue weighted by Gasteiger charge is 2.26. The average molecular weight is 398 g/mol. The number of aryl methyl sites for hydroxylation is 2. The highest BCUT2D eigenvalue weighted by molar-refractivity contribution is 6.30. The van der Waals surface area contributed by atoms with Crippen molar-refractivity contribution in [3.05, 3.63) is 64.3 Å². The lowest BCUT2D eigenvalue weighted by atomic mass is 9.88. The molecular formula is C24H28ClNO2. The van der Waals surface area contributed by atoms with E-state index in [1.165, 1.54) is 0 Å². The fourth-order valence-electron chi connectivity index (χ4n) is 3.62. The second-order valence-corrected chi connectivity index (χ2v) is 8.55. The van der Waals surface area contributed by atoms with Crippen molar-refractivity contribution in [3.8, 4) is 11.1 Å². The molecule has 148 valence electrons. The number of ether oxygens (including phenoxy) is 1. The molecule has 3 rings (SSSR count). The van der Waals surface area contributed by atoms with E-state index in [9.17, 15) is 5.11 Å². The first-order valence-electron chi connectivity index (χ1n) is 9.71. The third-order valence-electron chi connectivity index (χ3n) is 4.78. The molecule has 3 aromatic rings. The largest absolute Gasteiger partial charge is 0.393 e. The summed E-state index contributed by atoms with van der Waals surface area (Å²) in [5, 5.41) is 11.9. The SMILES string of the molecule is CCc1ccc2c(-c3ccc(Cl)cc3)c([C@@H](CO)OC(C)(C)C)c(C)cc2n1. The van der Waals surface area contributed by atoms with Crippen LogP contribution in [0.3, 0.4) is 0 Å². The molecule has 4 heteroatoms. The first kappa shape index (κ1) is 20.8. The van der Waals surface area contributed by atoms with Crippen molar-refractivity contribution in [3.63, 3.8) is 0 Å². The molecule has 0 spiro atoms. The van der Waals surface area contributed by atoms with E-state index in [1.54, 1.807) is 0 Å². The minimum Gasteiger partial charge on any atom is -0.393 e. The Morgan fingerprint density at radius 2 is 1.79 bits per heavy atom. The van der Waals surface area contributed by atoms with Crippen LogP contribution in [0.15, 0.2) is 42.5 Å². The summed E-state index contributed by atoms with van der Waals surface area (Å²) in [5.41, 5.74) is 5.78. The van der Waals surface area contributed by atoms with Gasteiger partial charge in [-0.2, -0.15) is 0 Å². The number of nitrogens with zero attached hydrogens (tertiary/aromatic N) is 1. The van der Waals surface area contributed by atoms with Crippen molar-refractivity contribution >= 4 is 22.5 Å². The van der Waals surface area contributed by atoms with Crippen LogP contribution in [0, 0.1) is 6.92 Å². The Labute approximate surface area is 172 Å². The van der Waals surface area contributed by atoms with Crippen LogP contribution < -0.4 is 0 Å². The lowest BCUT2D eigenvalue weighted by Gasteiger charge is -2.30. The van der Waals surface area contributed by atoms with Gasteiger partial charge >= 0.3 is 0 Å². The maximum Gasteiger partial charge on any atom is 0.107 e. The summed E-state index contributed by atoms with van der Waals surface area (Å²) in [5.74, 6) is 0. The monoisotopic (exact) mass is 397 g/mol. The number of hydrogen-bond donors (Lipinski definition) is 1. The smallest absolute Gasteiger partial charge is 0.107 e. The molecule has 2 aromatic carbocycles. The molecule has 3 nitrogen and oxygen atoms in total. The van der Waals surface area contributed by atoms with Crippen molar-refractivity contribution in [2.24, 2.45) is 0 Å². The summed E-state index contributed by atoms with van der Waals surface area (Å²) in [6.07, 6.45) is 0.459. The lowest BCUT2D eigenvalue weighted by Crippen LogP contribution is -2.25. The number of hydrogen-bond acceptors (Lipinski definition) is 3. The van der Waals surface area contributed by atoms with Gasteiger partial charge in [0.05, 0.1) is 17.7 Å². The third kappa shape index (κ3) is 4.38. The van der Waals surface area contributed by atoms with Crippen LogP contribution >= 0.6 is 11.6 Å². The van der Waals surface area contributed by atoms with Gasteiger partial charge in [0, 0.05) is 16.1 Å². The van der Waals surface area contributed by atoms with E-state index in [0.29, 0.717) is 5.02 Å². The van der Waals surface area contributed by atoms with Gasteiger partial charge in [-0.15, -0.1) is 0 Å². The first-order chi connectivity index (χ1) is 13.2. The molecule has 28 heavy (non-hydrogen) atoms. The van der Waals surface area contributed by atoms with Gasteiger partial charge in [0.1, 0.15) is 6.10 Å². The Bertz CT molecular complexity index is 975. The summed E-state index contributed by atoms with van der Waals surface area (Å²) in [7, 11) is 0. The summed E-state index contributed by atoms with van der Waals surface area (Å²) in [6.45, 7) is 10.1. The number of aromatic nitrogens is 1. The van der Waals surface area contributed by atoms with Gasteiger partial charge in [0.2, 0.25) is 0 Å². The summed E-state index contributed by atoms with van der Waals surface area (Å²) in [4.78, 5) is 4.83. The van der Waals surface area contributed by atoms with Crippen LogP contribution in [0.25, 0.3) is 22.0 Å². The minimum atomic E-state index is -0.430. The number of pyridine rings is 1. The standard InChI is InChI=1S/C24H28ClNO2/c1-6-18-11-12-19-20(26-18)13-15(2)22(21(14-27)28-24(3,4)5)23(19)16-7-9-17(25)10-8-16/h7-13,21,27H,6,14H2,1-5H3/t21-/m1/s1. The Balaban J connectivity index is 2.33. The maximum absolute atomic E-state index is 10.2. The molecule has 0 bridgehead atoms. The fraction of sp³-hybridized carbons (Fsp3) is 0.375. The topological polar surface area (TPSA) is 42.4 Å². The summed E-state index contributed by atoms with van der Waals surface area (Å²) < 4.78 is 6.24. The molecule has 1 aromatic heterocycles. The van der Waals surface area contributed by atoms with E-state index in [2.05, 4.69) is 32.0 Å². The molecule has 0 saturated carbocycles. The van der Waals surface area contributed by atoms with Crippen molar-refractivity contribution in [2.75, 3.05) is 6.61 Å². The maximum atomic E-state index is 10.2.